The van der Waals surface area contributed by atoms with Crippen LogP contribution in [-0.4, -0.2) is 0 Å². The zero-order valence-corrected chi connectivity index (χ0v) is 12.2. The minimum absolute atomic E-state index is 0.449. The van der Waals surface area contributed by atoms with Gasteiger partial charge in [-0.15, -0.1) is 0 Å². The van der Waals surface area contributed by atoms with Crippen molar-refractivity contribution in [3.05, 3.63) is 57.6 Å². The van der Waals surface area contributed by atoms with Crippen molar-refractivity contribution in [2.24, 2.45) is 0 Å². The van der Waals surface area contributed by atoms with Crippen LogP contribution in [0.25, 0.3) is 0 Å². The Bertz CT molecular complexity index is 608. The van der Waals surface area contributed by atoms with E-state index >= 15 is 0 Å². The molecule has 0 unspecified atom stereocenters. The van der Waals surface area contributed by atoms with Gasteiger partial charge in [0.25, 0.3) is 0 Å². The van der Waals surface area contributed by atoms with Gasteiger partial charge < -0.3 is 10.5 Å². The van der Waals surface area contributed by atoms with Gasteiger partial charge in [0.2, 0.25) is 0 Å². The second-order valence-electron chi connectivity index (χ2n) is 4.81. The summed E-state index contributed by atoms with van der Waals surface area (Å²) in [5.74, 6) is 0.844. The molecule has 19 heavy (non-hydrogen) atoms. The highest BCUT2D eigenvalue weighted by atomic mass is 35.5. The van der Waals surface area contributed by atoms with E-state index < -0.39 is 0 Å². The summed E-state index contributed by atoms with van der Waals surface area (Å²) in [5.41, 5.74) is 10.8. The molecule has 0 saturated heterocycles. The lowest BCUT2D eigenvalue weighted by Crippen LogP contribution is -2.02. The molecular formula is C16H18ClNO. The minimum atomic E-state index is 0.449. The van der Waals surface area contributed by atoms with E-state index in [1.165, 1.54) is 0 Å². The first-order chi connectivity index (χ1) is 8.99. The summed E-state index contributed by atoms with van der Waals surface area (Å²) < 4.78 is 5.89. The van der Waals surface area contributed by atoms with Gasteiger partial charge in [0.15, 0.2) is 0 Å². The molecule has 2 nitrogen and oxygen atoms in total. The number of halogens is 1. The molecular weight excluding hydrogens is 258 g/mol. The van der Waals surface area contributed by atoms with Gasteiger partial charge >= 0.3 is 0 Å². The summed E-state index contributed by atoms with van der Waals surface area (Å²) in [6, 6.07) is 9.84. The maximum atomic E-state index is 6.20. The predicted octanol–water partition coefficient (Wildman–Crippen LogP) is 4.43. The molecule has 0 aromatic heterocycles. The summed E-state index contributed by atoms with van der Waals surface area (Å²) in [6.45, 7) is 6.44. The van der Waals surface area contributed by atoms with Crippen molar-refractivity contribution in [2.75, 3.05) is 5.73 Å². The molecule has 0 aliphatic carbocycles. The van der Waals surface area contributed by atoms with Gasteiger partial charge in [-0.05, 0) is 44.0 Å². The van der Waals surface area contributed by atoms with Gasteiger partial charge in [-0.1, -0.05) is 29.8 Å². The van der Waals surface area contributed by atoms with Crippen molar-refractivity contribution < 1.29 is 4.74 Å². The molecule has 0 radical (unpaired) electrons. The van der Waals surface area contributed by atoms with Crippen molar-refractivity contribution in [3.63, 3.8) is 0 Å². The zero-order chi connectivity index (χ0) is 14.0. The largest absolute Gasteiger partial charge is 0.488 e. The van der Waals surface area contributed by atoms with Gasteiger partial charge in [0, 0.05) is 21.8 Å². The Morgan fingerprint density at radius 3 is 2.53 bits per heavy atom. The lowest BCUT2D eigenvalue weighted by molar-refractivity contribution is 0.302. The third-order valence-electron chi connectivity index (χ3n) is 3.23. The van der Waals surface area contributed by atoms with Gasteiger partial charge in [-0.3, -0.25) is 0 Å². The second-order valence-corrected chi connectivity index (χ2v) is 5.22. The van der Waals surface area contributed by atoms with E-state index in [9.17, 15) is 0 Å². The van der Waals surface area contributed by atoms with Crippen LogP contribution >= 0.6 is 11.6 Å². The summed E-state index contributed by atoms with van der Waals surface area (Å²) in [5, 5.41) is 0.735. The van der Waals surface area contributed by atoms with Gasteiger partial charge in [0.1, 0.15) is 12.4 Å². The fraction of sp³-hybridized carbons (Fsp3) is 0.250. The molecule has 2 aromatic carbocycles. The molecule has 0 saturated carbocycles. The molecule has 2 N–H and O–H groups in total. The van der Waals surface area contributed by atoms with Gasteiger partial charge in [-0.2, -0.15) is 0 Å². The monoisotopic (exact) mass is 275 g/mol. The average molecular weight is 276 g/mol. The van der Waals surface area contributed by atoms with E-state index in [1.807, 2.05) is 51.1 Å². The Morgan fingerprint density at radius 1 is 1.11 bits per heavy atom. The number of hydrogen-bond donors (Lipinski definition) is 1. The first kappa shape index (κ1) is 13.8. The fourth-order valence-corrected chi connectivity index (χ4v) is 2.27. The van der Waals surface area contributed by atoms with Crippen molar-refractivity contribution >= 4 is 17.3 Å². The third kappa shape index (κ3) is 3.02. The molecule has 0 atom stereocenters. The number of benzene rings is 2. The van der Waals surface area contributed by atoms with E-state index in [1.54, 1.807) is 0 Å². The standard InChI is InChI=1S/C16H18ClNO/c1-10-4-6-13(14(17)8-10)9-19-16-11(2)5-7-15(18)12(16)3/h4-8H,9,18H2,1-3H3. The number of rotatable bonds is 3. The molecule has 0 amide bonds. The summed E-state index contributed by atoms with van der Waals surface area (Å²) in [7, 11) is 0. The third-order valence-corrected chi connectivity index (χ3v) is 3.58. The van der Waals surface area contributed by atoms with E-state index in [0.717, 1.165) is 38.7 Å². The lowest BCUT2D eigenvalue weighted by atomic mass is 10.1. The normalized spacial score (nSPS) is 10.5. The van der Waals surface area contributed by atoms with Crippen LogP contribution in [-0.2, 0) is 6.61 Å². The molecule has 0 heterocycles. The first-order valence-corrected chi connectivity index (χ1v) is 6.60. The molecule has 0 fully saturated rings. The van der Waals surface area contributed by atoms with E-state index in [2.05, 4.69) is 0 Å². The van der Waals surface area contributed by atoms with E-state index in [0.29, 0.717) is 6.61 Å². The zero-order valence-electron chi connectivity index (χ0n) is 11.5. The number of nitrogen functional groups attached to an aromatic ring is 1. The minimum Gasteiger partial charge on any atom is -0.488 e. The van der Waals surface area contributed by atoms with E-state index in [4.69, 9.17) is 22.1 Å². The number of ether oxygens (including phenoxy) is 1. The van der Waals surface area contributed by atoms with Crippen molar-refractivity contribution in [2.45, 2.75) is 27.4 Å². The number of hydrogen-bond acceptors (Lipinski definition) is 2. The highest BCUT2D eigenvalue weighted by molar-refractivity contribution is 6.31. The second kappa shape index (κ2) is 5.54. The number of anilines is 1. The Balaban J connectivity index is 2.21. The summed E-state index contributed by atoms with van der Waals surface area (Å²) in [6.07, 6.45) is 0. The average Bonchev–Trinajstić information content (AvgIpc) is 2.36. The molecule has 0 spiro atoms. The van der Waals surface area contributed by atoms with Crippen LogP contribution < -0.4 is 10.5 Å². The van der Waals surface area contributed by atoms with Crippen LogP contribution in [0.15, 0.2) is 30.3 Å². The van der Waals surface area contributed by atoms with E-state index in [-0.39, 0.29) is 0 Å². The Morgan fingerprint density at radius 2 is 1.84 bits per heavy atom. The molecule has 2 aromatic rings. The molecule has 0 aliphatic rings. The van der Waals surface area contributed by atoms with Crippen LogP contribution in [0.2, 0.25) is 5.02 Å². The summed E-state index contributed by atoms with van der Waals surface area (Å²) >= 11 is 6.20. The number of nitrogens with two attached hydrogens (primary N) is 1. The van der Waals surface area contributed by atoms with Crippen LogP contribution in [0.3, 0.4) is 0 Å². The summed E-state index contributed by atoms with van der Waals surface area (Å²) in [4.78, 5) is 0. The Kier molecular flexibility index (Phi) is 4.01. The molecule has 0 aliphatic heterocycles. The quantitative estimate of drug-likeness (QED) is 0.841. The van der Waals surface area contributed by atoms with Crippen LogP contribution in [0.1, 0.15) is 22.3 Å². The molecule has 2 rings (SSSR count). The predicted molar refractivity (Wildman–Crippen MR) is 80.8 cm³/mol. The maximum Gasteiger partial charge on any atom is 0.127 e. The van der Waals surface area contributed by atoms with Gasteiger partial charge in [-0.25, -0.2) is 0 Å². The topological polar surface area (TPSA) is 35.2 Å². The first-order valence-electron chi connectivity index (χ1n) is 6.22. The Labute approximate surface area is 119 Å². The number of aryl methyl sites for hydroxylation is 2. The van der Waals surface area contributed by atoms with Gasteiger partial charge in [0.05, 0.1) is 0 Å². The molecule has 0 bridgehead atoms. The van der Waals surface area contributed by atoms with Crippen molar-refractivity contribution in [3.8, 4) is 5.75 Å². The van der Waals surface area contributed by atoms with Crippen molar-refractivity contribution in [1.29, 1.82) is 0 Å². The van der Waals surface area contributed by atoms with Crippen molar-refractivity contribution in [1.82, 2.24) is 0 Å². The SMILES string of the molecule is Cc1ccc(COc2c(C)ccc(N)c2C)c(Cl)c1. The Hall–Kier alpha value is -1.67. The van der Waals surface area contributed by atoms with Crippen LogP contribution in [0, 0.1) is 20.8 Å². The maximum absolute atomic E-state index is 6.20. The van der Waals surface area contributed by atoms with Crippen LogP contribution in [0.5, 0.6) is 5.75 Å². The molecule has 100 valence electrons. The highest BCUT2D eigenvalue weighted by Gasteiger charge is 2.08. The fourth-order valence-electron chi connectivity index (χ4n) is 1.98. The van der Waals surface area contributed by atoms with Crippen LogP contribution in [0.4, 0.5) is 5.69 Å². The highest BCUT2D eigenvalue weighted by Crippen LogP contribution is 2.29. The molecule has 3 heteroatoms. The smallest absolute Gasteiger partial charge is 0.127 e. The lowest BCUT2D eigenvalue weighted by Gasteiger charge is -2.14.